The van der Waals surface area contributed by atoms with E-state index in [0.717, 1.165) is 42.1 Å². The topological polar surface area (TPSA) is 66.5 Å². The average Bonchev–Trinajstić information content (AvgIpc) is 2.90. The van der Waals surface area contributed by atoms with Gasteiger partial charge in [-0.15, -0.1) is 0 Å². The fraction of sp³-hybridized carbons (Fsp3) is 0.550. The van der Waals surface area contributed by atoms with E-state index in [2.05, 4.69) is 21.2 Å². The van der Waals surface area contributed by atoms with E-state index < -0.39 is 0 Å². The Kier molecular flexibility index (Phi) is 6.12. The molecule has 1 heterocycles. The number of amides is 3. The van der Waals surface area contributed by atoms with Crippen LogP contribution >= 0.6 is 15.9 Å². The number of benzene rings is 1. The fourth-order valence-corrected chi connectivity index (χ4v) is 4.31. The van der Waals surface area contributed by atoms with Gasteiger partial charge in [-0.1, -0.05) is 47.8 Å². The van der Waals surface area contributed by atoms with E-state index in [1.165, 1.54) is 4.90 Å². The van der Waals surface area contributed by atoms with Gasteiger partial charge < -0.3 is 5.32 Å². The molecule has 3 atom stereocenters. The summed E-state index contributed by atoms with van der Waals surface area (Å²) in [4.78, 5) is 38.6. The SMILES string of the molecule is CC[C@@H](NC(=O)CCN1C(=O)[C@H]2CCCC[C@H]2C1=O)c1ccc(Br)cc1. The number of hydrogen-bond acceptors (Lipinski definition) is 3. The van der Waals surface area contributed by atoms with Crippen molar-refractivity contribution in [1.29, 1.82) is 0 Å². The lowest BCUT2D eigenvalue weighted by Crippen LogP contribution is -2.36. The molecule has 1 saturated heterocycles. The van der Waals surface area contributed by atoms with Gasteiger partial charge in [0.05, 0.1) is 17.9 Å². The molecule has 0 bridgehead atoms. The van der Waals surface area contributed by atoms with Crippen LogP contribution in [0.15, 0.2) is 28.7 Å². The summed E-state index contributed by atoms with van der Waals surface area (Å²) in [6.07, 6.45) is 4.57. The lowest BCUT2D eigenvalue weighted by atomic mass is 9.81. The van der Waals surface area contributed by atoms with Crippen LogP contribution in [0, 0.1) is 11.8 Å². The van der Waals surface area contributed by atoms with Gasteiger partial charge in [0.1, 0.15) is 0 Å². The highest BCUT2D eigenvalue weighted by Gasteiger charge is 2.47. The molecule has 1 N–H and O–H groups in total. The van der Waals surface area contributed by atoms with Gasteiger partial charge in [-0.25, -0.2) is 0 Å². The van der Waals surface area contributed by atoms with E-state index in [1.807, 2.05) is 31.2 Å². The average molecular weight is 421 g/mol. The van der Waals surface area contributed by atoms with Gasteiger partial charge in [-0.05, 0) is 37.0 Å². The van der Waals surface area contributed by atoms with Crippen molar-refractivity contribution in [2.24, 2.45) is 11.8 Å². The number of carbonyl (C=O) groups is 3. The van der Waals surface area contributed by atoms with E-state index in [9.17, 15) is 14.4 Å². The van der Waals surface area contributed by atoms with E-state index in [-0.39, 0.29) is 48.6 Å². The van der Waals surface area contributed by atoms with Crippen molar-refractivity contribution in [3.05, 3.63) is 34.3 Å². The van der Waals surface area contributed by atoms with Gasteiger partial charge in [0.25, 0.3) is 0 Å². The first kappa shape index (κ1) is 19.1. The summed E-state index contributed by atoms with van der Waals surface area (Å²) in [5.74, 6) is -0.578. The Labute approximate surface area is 162 Å². The maximum Gasteiger partial charge on any atom is 0.233 e. The number of halogens is 1. The van der Waals surface area contributed by atoms with Gasteiger partial charge in [0.15, 0.2) is 0 Å². The van der Waals surface area contributed by atoms with Gasteiger partial charge >= 0.3 is 0 Å². The molecule has 1 saturated carbocycles. The summed E-state index contributed by atoms with van der Waals surface area (Å²) in [5.41, 5.74) is 1.04. The first-order chi connectivity index (χ1) is 12.5. The highest BCUT2D eigenvalue weighted by molar-refractivity contribution is 9.10. The second-order valence-electron chi connectivity index (χ2n) is 7.16. The quantitative estimate of drug-likeness (QED) is 0.715. The minimum Gasteiger partial charge on any atom is -0.349 e. The van der Waals surface area contributed by atoms with E-state index in [1.54, 1.807) is 0 Å². The zero-order valence-electron chi connectivity index (χ0n) is 15.0. The van der Waals surface area contributed by atoms with Crippen molar-refractivity contribution < 1.29 is 14.4 Å². The maximum absolute atomic E-state index is 12.5. The van der Waals surface area contributed by atoms with Crippen LogP contribution in [-0.4, -0.2) is 29.2 Å². The molecule has 140 valence electrons. The van der Waals surface area contributed by atoms with Crippen LogP contribution in [0.3, 0.4) is 0 Å². The zero-order valence-corrected chi connectivity index (χ0v) is 16.6. The molecule has 0 aromatic heterocycles. The van der Waals surface area contributed by atoms with Crippen molar-refractivity contribution in [1.82, 2.24) is 10.2 Å². The van der Waals surface area contributed by atoms with E-state index in [4.69, 9.17) is 0 Å². The molecule has 26 heavy (non-hydrogen) atoms. The molecular formula is C20H25BrN2O3. The maximum atomic E-state index is 12.5. The number of likely N-dealkylation sites (tertiary alicyclic amines) is 1. The fourth-order valence-electron chi connectivity index (χ4n) is 4.05. The Bertz CT molecular complexity index is 665. The largest absolute Gasteiger partial charge is 0.349 e. The number of fused-ring (bicyclic) bond motifs is 1. The summed E-state index contributed by atoms with van der Waals surface area (Å²) >= 11 is 3.41. The van der Waals surface area contributed by atoms with Gasteiger partial charge in [-0.3, -0.25) is 19.3 Å². The van der Waals surface area contributed by atoms with Gasteiger partial charge in [0.2, 0.25) is 17.7 Å². The van der Waals surface area contributed by atoms with E-state index >= 15 is 0 Å². The standard InChI is InChI=1S/C20H25BrN2O3/c1-2-17(13-7-9-14(21)10-8-13)22-18(24)11-12-23-19(25)15-5-3-4-6-16(15)20(23)26/h7-10,15-17H,2-6,11-12H2,1H3,(H,22,24)/t15-,16+,17-/m1/s1. The highest BCUT2D eigenvalue weighted by Crippen LogP contribution is 2.38. The zero-order chi connectivity index (χ0) is 18.7. The number of rotatable bonds is 6. The van der Waals surface area contributed by atoms with Crippen LogP contribution in [0.2, 0.25) is 0 Å². The minimum atomic E-state index is -0.148. The summed E-state index contributed by atoms with van der Waals surface area (Å²) in [6, 6.07) is 7.80. The normalized spacial score (nSPS) is 23.7. The molecule has 3 rings (SSSR count). The Hall–Kier alpha value is -1.69. The molecule has 0 radical (unpaired) electrons. The second kappa shape index (κ2) is 8.33. The van der Waals surface area contributed by atoms with Crippen LogP contribution in [-0.2, 0) is 14.4 Å². The van der Waals surface area contributed by atoms with Gasteiger partial charge in [0, 0.05) is 17.4 Å². The minimum absolute atomic E-state index is 0.0665. The molecule has 1 aromatic rings. The first-order valence-electron chi connectivity index (χ1n) is 9.41. The van der Waals surface area contributed by atoms with Crippen LogP contribution < -0.4 is 5.32 Å². The van der Waals surface area contributed by atoms with E-state index in [0.29, 0.717) is 0 Å². The molecule has 0 unspecified atom stereocenters. The highest BCUT2D eigenvalue weighted by atomic mass is 79.9. The Morgan fingerprint density at radius 2 is 1.73 bits per heavy atom. The molecule has 6 heteroatoms. The molecule has 1 aliphatic heterocycles. The summed E-state index contributed by atoms with van der Waals surface area (Å²) in [6.45, 7) is 2.21. The predicted molar refractivity (Wildman–Crippen MR) is 102 cm³/mol. The third-order valence-corrected chi connectivity index (χ3v) is 6.04. The number of imide groups is 1. The third-order valence-electron chi connectivity index (χ3n) is 5.51. The molecule has 1 aromatic carbocycles. The van der Waals surface area contributed by atoms with Crippen molar-refractivity contribution in [2.75, 3.05) is 6.54 Å². The van der Waals surface area contributed by atoms with Crippen molar-refractivity contribution >= 4 is 33.7 Å². The van der Waals surface area contributed by atoms with Gasteiger partial charge in [-0.2, -0.15) is 0 Å². The Morgan fingerprint density at radius 3 is 2.27 bits per heavy atom. The number of carbonyl (C=O) groups excluding carboxylic acids is 3. The van der Waals surface area contributed by atoms with Crippen molar-refractivity contribution in [3.8, 4) is 0 Å². The summed E-state index contributed by atoms with van der Waals surface area (Å²) in [5, 5.41) is 3.02. The Morgan fingerprint density at radius 1 is 1.15 bits per heavy atom. The van der Waals surface area contributed by atoms with Crippen LogP contribution in [0.25, 0.3) is 0 Å². The number of nitrogens with zero attached hydrogens (tertiary/aromatic N) is 1. The monoisotopic (exact) mass is 420 g/mol. The van der Waals surface area contributed by atoms with Crippen LogP contribution in [0.5, 0.6) is 0 Å². The summed E-state index contributed by atoms with van der Waals surface area (Å²) in [7, 11) is 0. The van der Waals surface area contributed by atoms with Crippen molar-refractivity contribution in [3.63, 3.8) is 0 Å². The lowest BCUT2D eigenvalue weighted by molar-refractivity contribution is -0.140. The molecular weight excluding hydrogens is 396 g/mol. The number of hydrogen-bond donors (Lipinski definition) is 1. The van der Waals surface area contributed by atoms with Crippen LogP contribution in [0.1, 0.15) is 57.1 Å². The van der Waals surface area contributed by atoms with Crippen molar-refractivity contribution in [2.45, 2.75) is 51.5 Å². The van der Waals surface area contributed by atoms with Crippen LogP contribution in [0.4, 0.5) is 0 Å². The predicted octanol–water partition coefficient (Wildman–Crippen LogP) is 3.58. The molecule has 5 nitrogen and oxygen atoms in total. The lowest BCUT2D eigenvalue weighted by Gasteiger charge is -2.19. The third kappa shape index (κ3) is 4.00. The molecule has 0 spiro atoms. The smallest absolute Gasteiger partial charge is 0.233 e. The molecule has 2 fully saturated rings. The molecule has 1 aliphatic carbocycles. The summed E-state index contributed by atoms with van der Waals surface area (Å²) < 4.78 is 0.995. The number of nitrogens with one attached hydrogen (secondary N) is 1. The first-order valence-corrected chi connectivity index (χ1v) is 10.2. The second-order valence-corrected chi connectivity index (χ2v) is 8.07. The Balaban J connectivity index is 1.55. The molecule has 3 amide bonds. The molecule has 2 aliphatic rings.